The second-order valence-electron chi connectivity index (χ2n) is 4.41. The van der Waals surface area contributed by atoms with Crippen LogP contribution in [0.5, 0.6) is 5.75 Å². The fourth-order valence-corrected chi connectivity index (χ4v) is 1.70. The predicted octanol–water partition coefficient (Wildman–Crippen LogP) is 3.15. The Hall–Kier alpha value is -2.97. The maximum absolute atomic E-state index is 13.4. The summed E-state index contributed by atoms with van der Waals surface area (Å²) in [4.78, 5) is 11.7. The van der Waals surface area contributed by atoms with E-state index < -0.39 is 40.6 Å². The quantitative estimate of drug-likeness (QED) is 0.305. The molecule has 0 fully saturated rings. The highest BCUT2D eigenvalue weighted by molar-refractivity contribution is 5.95. The number of amides is 1. The summed E-state index contributed by atoms with van der Waals surface area (Å²) in [5.74, 6) is -10.8. The normalized spacial score (nSPS) is 10.9. The van der Waals surface area contributed by atoms with Gasteiger partial charge < -0.3 is 4.74 Å². The van der Waals surface area contributed by atoms with Gasteiger partial charge in [-0.05, 0) is 24.3 Å². The average molecular weight is 344 g/mol. The van der Waals surface area contributed by atoms with Crippen molar-refractivity contribution in [2.75, 3.05) is 7.11 Å². The largest absolute Gasteiger partial charge is 0.497 e. The van der Waals surface area contributed by atoms with Crippen molar-refractivity contribution in [2.45, 2.75) is 0 Å². The molecule has 0 unspecified atom stereocenters. The predicted molar refractivity (Wildman–Crippen MR) is 74.3 cm³/mol. The molecule has 126 valence electrons. The third-order valence-corrected chi connectivity index (χ3v) is 2.96. The molecular weight excluding hydrogens is 335 g/mol. The fraction of sp³-hybridized carbons (Fsp3) is 0.0667. The van der Waals surface area contributed by atoms with E-state index in [1.165, 1.54) is 31.4 Å². The average Bonchev–Trinajstić information content (AvgIpc) is 2.61. The van der Waals surface area contributed by atoms with Crippen LogP contribution in [0.3, 0.4) is 0 Å². The van der Waals surface area contributed by atoms with Crippen molar-refractivity contribution in [3.63, 3.8) is 0 Å². The first-order chi connectivity index (χ1) is 11.4. The van der Waals surface area contributed by atoms with Crippen LogP contribution < -0.4 is 10.2 Å². The van der Waals surface area contributed by atoms with E-state index in [9.17, 15) is 26.7 Å². The molecule has 0 aliphatic heterocycles. The number of benzene rings is 2. The van der Waals surface area contributed by atoms with Gasteiger partial charge in [0, 0.05) is 5.56 Å². The molecule has 2 aromatic carbocycles. The number of halogens is 5. The summed E-state index contributed by atoms with van der Waals surface area (Å²) in [6, 6.07) is 5.76. The van der Waals surface area contributed by atoms with E-state index in [4.69, 9.17) is 4.74 Å². The van der Waals surface area contributed by atoms with Gasteiger partial charge in [0.25, 0.3) is 5.91 Å². The van der Waals surface area contributed by atoms with Gasteiger partial charge in [-0.1, -0.05) is 0 Å². The van der Waals surface area contributed by atoms with Crippen LogP contribution in [-0.2, 0) is 0 Å². The minimum absolute atomic E-state index is 0.144. The number of hydrogen-bond acceptors (Lipinski definition) is 3. The molecule has 0 aromatic heterocycles. The van der Waals surface area contributed by atoms with Gasteiger partial charge in [-0.15, -0.1) is 0 Å². The number of nitrogens with one attached hydrogen (secondary N) is 1. The molecule has 1 N–H and O–H groups in total. The van der Waals surface area contributed by atoms with Crippen molar-refractivity contribution in [1.29, 1.82) is 0 Å². The van der Waals surface area contributed by atoms with Gasteiger partial charge in [0.2, 0.25) is 5.82 Å². The molecule has 0 saturated heterocycles. The zero-order valence-corrected chi connectivity index (χ0v) is 12.0. The van der Waals surface area contributed by atoms with Crippen LogP contribution in [0.2, 0.25) is 0 Å². The molecule has 2 aromatic rings. The first kappa shape index (κ1) is 17.4. The van der Waals surface area contributed by atoms with E-state index >= 15 is 0 Å². The summed E-state index contributed by atoms with van der Waals surface area (Å²) in [6.07, 6.45) is 0.331. The number of carbonyl (C=O) groups excluding carboxylic acids is 1. The van der Waals surface area contributed by atoms with E-state index in [1.807, 2.05) is 5.43 Å². The van der Waals surface area contributed by atoms with E-state index in [0.717, 1.165) is 0 Å². The number of hydrogen-bond donors (Lipinski definition) is 1. The summed E-state index contributed by atoms with van der Waals surface area (Å²) in [7, 11) is 1.43. The van der Waals surface area contributed by atoms with Crippen LogP contribution in [0.25, 0.3) is 0 Å². The minimum atomic E-state index is -2.27. The Balaban J connectivity index is 2.18. The second kappa shape index (κ2) is 7.07. The molecule has 0 heterocycles. The van der Waals surface area contributed by atoms with E-state index in [0.29, 0.717) is 12.0 Å². The molecule has 0 radical (unpaired) electrons. The maximum atomic E-state index is 13.4. The van der Waals surface area contributed by atoms with Crippen LogP contribution >= 0.6 is 0 Å². The molecule has 9 heteroatoms. The lowest BCUT2D eigenvalue weighted by molar-refractivity contribution is 0.0955. The Morgan fingerprint density at radius 3 is 1.96 bits per heavy atom. The van der Waals surface area contributed by atoms with Gasteiger partial charge in [-0.2, -0.15) is 5.10 Å². The van der Waals surface area contributed by atoms with Crippen LogP contribution in [-0.4, -0.2) is 19.2 Å². The molecule has 0 bridgehead atoms. The lowest BCUT2D eigenvalue weighted by atomic mass is 10.2. The number of nitrogens with zero attached hydrogens (tertiary/aromatic N) is 1. The molecule has 0 aliphatic carbocycles. The summed E-state index contributed by atoms with van der Waals surface area (Å²) in [6.45, 7) is 0. The van der Waals surface area contributed by atoms with Gasteiger partial charge in [0.05, 0.1) is 18.9 Å². The SMILES string of the molecule is COc1ccc(C(=O)N/N=C\c2c(F)c(F)c(F)c(F)c2F)cc1. The van der Waals surface area contributed by atoms with E-state index in [1.54, 1.807) is 0 Å². The fourth-order valence-electron chi connectivity index (χ4n) is 1.70. The third-order valence-electron chi connectivity index (χ3n) is 2.96. The van der Waals surface area contributed by atoms with Crippen LogP contribution in [0, 0.1) is 29.1 Å². The van der Waals surface area contributed by atoms with E-state index in [2.05, 4.69) is 5.10 Å². The number of methoxy groups -OCH3 is 1. The highest BCUT2D eigenvalue weighted by Gasteiger charge is 2.24. The minimum Gasteiger partial charge on any atom is -0.497 e. The summed E-state index contributed by atoms with van der Waals surface area (Å²) >= 11 is 0. The Kier molecular flexibility index (Phi) is 5.12. The molecule has 4 nitrogen and oxygen atoms in total. The van der Waals surface area contributed by atoms with Crippen molar-refractivity contribution in [1.82, 2.24) is 5.43 Å². The Morgan fingerprint density at radius 1 is 0.958 bits per heavy atom. The summed E-state index contributed by atoms with van der Waals surface area (Å²) in [5, 5.41) is 3.20. The van der Waals surface area contributed by atoms with Crippen molar-refractivity contribution in [2.24, 2.45) is 5.10 Å². The first-order valence-corrected chi connectivity index (χ1v) is 6.35. The van der Waals surface area contributed by atoms with Gasteiger partial charge in [0.15, 0.2) is 23.3 Å². The number of ether oxygens (including phenoxy) is 1. The molecule has 24 heavy (non-hydrogen) atoms. The zero-order valence-electron chi connectivity index (χ0n) is 12.0. The van der Waals surface area contributed by atoms with Gasteiger partial charge in [-0.3, -0.25) is 4.79 Å². The molecule has 1 amide bonds. The topological polar surface area (TPSA) is 50.7 Å². The smallest absolute Gasteiger partial charge is 0.271 e. The van der Waals surface area contributed by atoms with E-state index in [-0.39, 0.29) is 5.56 Å². The molecule has 0 saturated carbocycles. The Morgan fingerprint density at radius 2 is 1.46 bits per heavy atom. The van der Waals surface area contributed by atoms with Crippen LogP contribution in [0.15, 0.2) is 29.4 Å². The van der Waals surface area contributed by atoms with Crippen molar-refractivity contribution < 1.29 is 31.5 Å². The van der Waals surface area contributed by atoms with Gasteiger partial charge in [0.1, 0.15) is 5.75 Å². The van der Waals surface area contributed by atoms with Crippen LogP contribution in [0.1, 0.15) is 15.9 Å². The second-order valence-corrected chi connectivity index (χ2v) is 4.41. The van der Waals surface area contributed by atoms with Crippen molar-refractivity contribution >= 4 is 12.1 Å². The molecule has 0 spiro atoms. The molecule has 0 aliphatic rings. The number of hydrazone groups is 1. The first-order valence-electron chi connectivity index (χ1n) is 6.35. The Bertz CT molecular complexity index is 777. The zero-order chi connectivity index (χ0) is 17.9. The summed E-state index contributed by atoms with van der Waals surface area (Å²) < 4.78 is 70.6. The monoisotopic (exact) mass is 344 g/mol. The van der Waals surface area contributed by atoms with Crippen LogP contribution in [0.4, 0.5) is 22.0 Å². The highest BCUT2D eigenvalue weighted by atomic mass is 19.2. The Labute approximate surface area is 132 Å². The van der Waals surface area contributed by atoms with Crippen molar-refractivity contribution in [3.8, 4) is 5.75 Å². The summed E-state index contributed by atoms with van der Waals surface area (Å²) in [5.41, 5.74) is 0.792. The lowest BCUT2D eigenvalue weighted by Gasteiger charge is -2.04. The molecule has 2 rings (SSSR count). The molecule has 0 atom stereocenters. The number of rotatable bonds is 4. The van der Waals surface area contributed by atoms with Gasteiger partial charge in [-0.25, -0.2) is 27.4 Å². The standard InChI is InChI=1S/C15H9F5N2O2/c1-24-8-4-2-7(3-5-8)15(23)22-21-6-9-10(16)12(18)14(20)13(19)11(9)17/h2-6H,1H3,(H,22,23)/b21-6-. The molecular formula is C15H9F5N2O2. The van der Waals surface area contributed by atoms with Crippen molar-refractivity contribution in [3.05, 3.63) is 64.5 Å². The third kappa shape index (κ3) is 3.34. The lowest BCUT2D eigenvalue weighted by Crippen LogP contribution is -2.18. The number of carbonyl (C=O) groups is 1. The maximum Gasteiger partial charge on any atom is 0.271 e. The highest BCUT2D eigenvalue weighted by Crippen LogP contribution is 2.21. The van der Waals surface area contributed by atoms with Gasteiger partial charge >= 0.3 is 0 Å².